The van der Waals surface area contributed by atoms with Gasteiger partial charge in [0, 0.05) is 49.8 Å². The number of halogens is 2. The summed E-state index contributed by atoms with van der Waals surface area (Å²) in [5.74, 6) is -1.75. The summed E-state index contributed by atoms with van der Waals surface area (Å²) in [6.45, 7) is 1.13. The summed E-state index contributed by atoms with van der Waals surface area (Å²) in [6.07, 6.45) is -2.16. The number of hydrogen-bond acceptors (Lipinski definition) is 9. The van der Waals surface area contributed by atoms with E-state index in [-0.39, 0.29) is 29.9 Å². The van der Waals surface area contributed by atoms with Crippen LogP contribution in [0.1, 0.15) is 6.42 Å². The zero-order chi connectivity index (χ0) is 22.0. The molecule has 1 aromatic carbocycles. The predicted octanol–water partition coefficient (Wildman–Crippen LogP) is 1.68. The molecular weight excluding hydrogens is 444 g/mol. The summed E-state index contributed by atoms with van der Waals surface area (Å²) >= 11 is 1.39. The number of hydrogen-bond donors (Lipinski definition) is 2. The van der Waals surface area contributed by atoms with Gasteiger partial charge in [0.25, 0.3) is 6.01 Å². The number of fused-ring (bicyclic) bond motifs is 3. The fourth-order valence-corrected chi connectivity index (χ4v) is 5.03. The van der Waals surface area contributed by atoms with E-state index >= 15 is 0 Å². The van der Waals surface area contributed by atoms with Crippen molar-refractivity contribution in [3.63, 3.8) is 0 Å². The number of aliphatic hydroxyl groups excluding tert-OH is 1. The Kier molecular flexibility index (Phi) is 4.39. The number of carbonyl (C=O) groups is 1. The third-order valence-corrected chi connectivity index (χ3v) is 6.79. The molecule has 0 spiro atoms. The molecule has 4 aliphatic heterocycles. The van der Waals surface area contributed by atoms with Crippen LogP contribution in [0.2, 0.25) is 0 Å². The van der Waals surface area contributed by atoms with Crippen LogP contribution in [-0.2, 0) is 4.79 Å². The van der Waals surface area contributed by atoms with Gasteiger partial charge in [0.2, 0.25) is 0 Å². The highest BCUT2D eigenvalue weighted by Crippen LogP contribution is 2.40. The lowest BCUT2D eigenvalue weighted by Crippen LogP contribution is -2.67. The predicted molar refractivity (Wildman–Crippen MR) is 111 cm³/mol. The second-order valence-corrected chi connectivity index (χ2v) is 9.20. The molecule has 2 bridgehead atoms. The number of likely N-dealkylation sites (tertiary alicyclic amines) is 1. The number of nitrogens with one attached hydrogen (secondary N) is 1. The monoisotopic (exact) mass is 463 g/mol. The fraction of sp³-hybridized carbons (Fsp3) is 0.450. The van der Waals surface area contributed by atoms with Gasteiger partial charge in [0.05, 0.1) is 11.7 Å². The van der Waals surface area contributed by atoms with E-state index in [4.69, 9.17) is 9.15 Å². The number of carbonyl (C=O) groups excluding carboxylic acids is 1. The number of anilines is 1. The smallest absolute Gasteiger partial charge is 0.423 e. The van der Waals surface area contributed by atoms with Crippen LogP contribution < -0.4 is 15.0 Å². The van der Waals surface area contributed by atoms with E-state index in [2.05, 4.69) is 15.3 Å². The van der Waals surface area contributed by atoms with Crippen LogP contribution in [-0.4, -0.2) is 76.4 Å². The molecule has 2 aromatic heterocycles. The summed E-state index contributed by atoms with van der Waals surface area (Å²) in [4.78, 5) is 23.8. The van der Waals surface area contributed by atoms with Gasteiger partial charge in [-0.3, -0.25) is 4.79 Å². The summed E-state index contributed by atoms with van der Waals surface area (Å²) < 4.78 is 40.2. The summed E-state index contributed by atoms with van der Waals surface area (Å²) in [5, 5.41) is 15.2. The number of β-amino-alcohol motifs (C(OH)–C–C–N with tert-alkyl or cyclic N) is 1. The highest BCUT2D eigenvalue weighted by molar-refractivity contribution is 7.13. The SMILES string of the molecule is O=C(N1CC(O)C1)C(F)(F)Oc1ccc(-c2nccs2)c2oc(N3CC4CC(C3)N4)nc12. The maximum absolute atomic E-state index is 14.6. The first-order chi connectivity index (χ1) is 15.4. The van der Waals surface area contributed by atoms with Crippen molar-refractivity contribution in [2.75, 3.05) is 31.1 Å². The van der Waals surface area contributed by atoms with E-state index < -0.39 is 18.1 Å². The number of amides is 1. The summed E-state index contributed by atoms with van der Waals surface area (Å²) in [6, 6.07) is 3.96. The molecule has 6 heterocycles. The number of aliphatic hydroxyl groups is 1. The van der Waals surface area contributed by atoms with E-state index in [0.29, 0.717) is 41.8 Å². The molecule has 168 valence electrons. The average molecular weight is 463 g/mol. The van der Waals surface area contributed by atoms with Crippen LogP contribution >= 0.6 is 11.3 Å². The van der Waals surface area contributed by atoms with Crippen molar-refractivity contribution in [1.82, 2.24) is 20.2 Å². The van der Waals surface area contributed by atoms with Crippen LogP contribution in [0, 0.1) is 0 Å². The minimum Gasteiger partial charge on any atom is -0.423 e. The van der Waals surface area contributed by atoms with Gasteiger partial charge in [0.15, 0.2) is 16.8 Å². The summed E-state index contributed by atoms with van der Waals surface area (Å²) in [7, 11) is 0. The molecule has 32 heavy (non-hydrogen) atoms. The molecule has 0 radical (unpaired) electrons. The highest BCUT2D eigenvalue weighted by Gasteiger charge is 2.49. The van der Waals surface area contributed by atoms with E-state index in [1.165, 1.54) is 17.4 Å². The molecule has 1 amide bonds. The number of nitrogens with zero attached hydrogens (tertiary/aromatic N) is 4. The second kappa shape index (κ2) is 7.09. The molecule has 9 nitrogen and oxygen atoms in total. The van der Waals surface area contributed by atoms with Gasteiger partial charge >= 0.3 is 12.0 Å². The van der Waals surface area contributed by atoms with E-state index in [9.17, 15) is 18.7 Å². The van der Waals surface area contributed by atoms with E-state index in [1.807, 2.05) is 4.90 Å². The Labute approximate surface area is 184 Å². The number of rotatable bonds is 5. The number of ether oxygens (including phenoxy) is 1. The number of piperazine rings is 1. The maximum Gasteiger partial charge on any atom is 0.482 e. The van der Waals surface area contributed by atoms with Gasteiger partial charge in [0.1, 0.15) is 5.01 Å². The Morgan fingerprint density at radius 2 is 2.03 bits per heavy atom. The van der Waals surface area contributed by atoms with Crippen molar-refractivity contribution < 1.29 is 27.8 Å². The van der Waals surface area contributed by atoms with E-state index in [0.717, 1.165) is 11.3 Å². The lowest BCUT2D eigenvalue weighted by molar-refractivity contribution is -0.210. The largest absolute Gasteiger partial charge is 0.482 e. The van der Waals surface area contributed by atoms with Gasteiger partial charge in [-0.25, -0.2) is 4.98 Å². The van der Waals surface area contributed by atoms with Crippen molar-refractivity contribution in [3.8, 4) is 16.3 Å². The molecule has 2 N–H and O–H groups in total. The summed E-state index contributed by atoms with van der Waals surface area (Å²) in [5.41, 5.74) is 1.00. The normalized spacial score (nSPS) is 23.2. The molecule has 7 rings (SSSR count). The molecule has 4 fully saturated rings. The molecule has 2 unspecified atom stereocenters. The molecule has 2 atom stereocenters. The Morgan fingerprint density at radius 3 is 2.69 bits per heavy atom. The van der Waals surface area contributed by atoms with Crippen LogP contribution in [0.5, 0.6) is 5.75 Å². The molecule has 4 aliphatic rings. The minimum absolute atomic E-state index is 0.107. The third kappa shape index (κ3) is 3.21. The number of alkyl halides is 2. The van der Waals surface area contributed by atoms with E-state index in [1.54, 1.807) is 17.6 Å². The molecule has 3 aromatic rings. The molecular formula is C20H19F2N5O4S. The maximum atomic E-state index is 14.6. The third-order valence-electron chi connectivity index (χ3n) is 5.99. The first kappa shape index (κ1) is 19.8. The van der Waals surface area contributed by atoms with Gasteiger partial charge in [-0.2, -0.15) is 13.8 Å². The Bertz CT molecular complexity index is 1160. The number of oxazole rings is 1. The standard InChI is InChI=1S/C20H19F2N5O4S/c21-20(22,18(29)26-8-12(28)9-26)31-14-2-1-13(17-23-3-4-32-17)16-15(14)25-19(30-16)27-6-10-5-11(7-27)24-10/h1-4,10-12,24,28H,5-9H2. The van der Waals surface area contributed by atoms with Crippen LogP contribution in [0.3, 0.4) is 0 Å². The van der Waals surface area contributed by atoms with Crippen molar-refractivity contribution >= 4 is 34.4 Å². The van der Waals surface area contributed by atoms with Gasteiger partial charge in [-0.15, -0.1) is 11.3 Å². The zero-order valence-electron chi connectivity index (χ0n) is 16.7. The number of piperidine rings is 1. The van der Waals surface area contributed by atoms with Crippen LogP contribution in [0.25, 0.3) is 21.7 Å². The molecule has 0 aliphatic carbocycles. The van der Waals surface area contributed by atoms with Crippen molar-refractivity contribution in [2.45, 2.75) is 30.7 Å². The first-order valence-corrected chi connectivity index (χ1v) is 11.1. The van der Waals surface area contributed by atoms with Crippen LogP contribution in [0.4, 0.5) is 14.8 Å². The Morgan fingerprint density at radius 1 is 1.28 bits per heavy atom. The van der Waals surface area contributed by atoms with Crippen molar-refractivity contribution in [3.05, 3.63) is 23.7 Å². The first-order valence-electron chi connectivity index (χ1n) is 10.3. The Hall–Kier alpha value is -2.83. The van der Waals surface area contributed by atoms with Crippen molar-refractivity contribution in [1.29, 1.82) is 0 Å². The quantitative estimate of drug-likeness (QED) is 0.589. The lowest BCUT2D eigenvalue weighted by atomic mass is 9.92. The number of aromatic nitrogens is 2. The van der Waals surface area contributed by atoms with Gasteiger partial charge < -0.3 is 29.4 Å². The van der Waals surface area contributed by atoms with Gasteiger partial charge in [-0.1, -0.05) is 0 Å². The lowest BCUT2D eigenvalue weighted by Gasteiger charge is -2.47. The number of thiazole rings is 1. The fourth-order valence-electron chi connectivity index (χ4n) is 4.37. The zero-order valence-corrected chi connectivity index (χ0v) is 17.5. The van der Waals surface area contributed by atoms with Gasteiger partial charge in [-0.05, 0) is 18.6 Å². The molecule has 0 saturated carbocycles. The minimum atomic E-state index is -4.11. The average Bonchev–Trinajstić information content (AvgIpc) is 3.41. The van der Waals surface area contributed by atoms with Crippen LogP contribution in [0.15, 0.2) is 28.1 Å². The molecule has 12 heteroatoms. The topological polar surface area (TPSA) is 104 Å². The van der Waals surface area contributed by atoms with Crippen molar-refractivity contribution in [2.24, 2.45) is 0 Å². The molecule has 4 saturated heterocycles. The Balaban J connectivity index is 1.37. The number of benzene rings is 1. The highest BCUT2D eigenvalue weighted by atomic mass is 32.1. The second-order valence-electron chi connectivity index (χ2n) is 8.31.